The lowest BCUT2D eigenvalue weighted by atomic mass is 10.1. The van der Waals surface area contributed by atoms with Gasteiger partial charge in [-0.3, -0.25) is 4.79 Å². The lowest BCUT2D eigenvalue weighted by Crippen LogP contribution is -2.34. The minimum absolute atomic E-state index is 0.0940. The molecule has 0 aliphatic carbocycles. The van der Waals surface area contributed by atoms with Gasteiger partial charge in [-0.05, 0) is 30.0 Å². The molecule has 3 rings (SSSR count). The fraction of sp³-hybridized carbons (Fsp3) is 0.333. The largest absolute Gasteiger partial charge is 0.465 e. The molecular weight excluding hydrogens is 342 g/mol. The van der Waals surface area contributed by atoms with Crippen molar-refractivity contribution >= 4 is 35.0 Å². The second kappa shape index (κ2) is 7.85. The topological polar surface area (TPSA) is 46.6 Å². The van der Waals surface area contributed by atoms with Crippen LogP contribution in [0.1, 0.15) is 37.3 Å². The number of nitrogens with zero attached hydrogens (tertiary/aromatic N) is 1. The molecule has 6 heteroatoms. The van der Waals surface area contributed by atoms with Crippen LogP contribution in [0.2, 0.25) is 0 Å². The number of amides is 1. The van der Waals surface area contributed by atoms with Gasteiger partial charge < -0.3 is 9.64 Å². The summed E-state index contributed by atoms with van der Waals surface area (Å²) in [6.07, 6.45) is 0.928. The van der Waals surface area contributed by atoms with Gasteiger partial charge in [0.05, 0.1) is 18.2 Å². The average Bonchev–Trinajstić information content (AvgIpc) is 3.05. The van der Waals surface area contributed by atoms with Gasteiger partial charge in [0.15, 0.2) is 0 Å². The van der Waals surface area contributed by atoms with Gasteiger partial charge in [0.25, 0.3) is 5.91 Å². The van der Waals surface area contributed by atoms with Gasteiger partial charge in [-0.15, -0.1) is 11.3 Å². The third kappa shape index (κ3) is 3.65. The van der Waals surface area contributed by atoms with E-state index in [2.05, 4.69) is 17.5 Å². The monoisotopic (exact) mass is 361 g/mol. The van der Waals surface area contributed by atoms with Gasteiger partial charge in [-0.25, -0.2) is 4.79 Å². The van der Waals surface area contributed by atoms with Crippen LogP contribution in [0.25, 0.3) is 0 Å². The van der Waals surface area contributed by atoms with E-state index in [4.69, 9.17) is 4.74 Å². The molecule has 1 aromatic carbocycles. The Morgan fingerprint density at radius 2 is 1.92 bits per heavy atom. The predicted molar refractivity (Wildman–Crippen MR) is 97.8 cm³/mol. The third-order valence-corrected chi connectivity index (χ3v) is 6.50. The molecule has 0 spiro atoms. The number of benzene rings is 1. The van der Waals surface area contributed by atoms with Crippen molar-refractivity contribution in [2.45, 2.75) is 11.7 Å². The first kappa shape index (κ1) is 17.0. The number of ether oxygens (including phenoxy) is 1. The van der Waals surface area contributed by atoms with Crippen molar-refractivity contribution in [3.05, 3.63) is 57.8 Å². The standard InChI is InChI=1S/C18H19NO3S2/c1-22-18(21)14-6-3-2-5-13(14)17(20)19-9-8-16(24-12-10-19)15-7-4-11-23-15/h2-7,11,16H,8-10,12H2,1H3. The molecule has 126 valence electrons. The zero-order chi connectivity index (χ0) is 16.9. The third-order valence-electron chi connectivity index (χ3n) is 4.05. The summed E-state index contributed by atoms with van der Waals surface area (Å²) >= 11 is 3.67. The van der Waals surface area contributed by atoms with Crippen LogP contribution in [0, 0.1) is 0 Å². The molecular formula is C18H19NO3S2. The van der Waals surface area contributed by atoms with Crippen LogP contribution in [0.15, 0.2) is 41.8 Å². The first-order valence-corrected chi connectivity index (χ1v) is 9.75. The summed E-state index contributed by atoms with van der Waals surface area (Å²) in [4.78, 5) is 28.0. The van der Waals surface area contributed by atoms with Crippen LogP contribution in [0.3, 0.4) is 0 Å². The molecule has 0 bridgehead atoms. The fourth-order valence-corrected chi connectivity index (χ4v) is 5.04. The highest BCUT2D eigenvalue weighted by molar-refractivity contribution is 7.99. The average molecular weight is 361 g/mol. The first-order valence-electron chi connectivity index (χ1n) is 7.82. The van der Waals surface area contributed by atoms with Crippen molar-refractivity contribution in [2.24, 2.45) is 0 Å². The van der Waals surface area contributed by atoms with Crippen LogP contribution in [0.5, 0.6) is 0 Å². The summed E-state index contributed by atoms with van der Waals surface area (Å²) in [7, 11) is 1.33. The Hall–Kier alpha value is -1.79. The SMILES string of the molecule is COC(=O)c1ccccc1C(=O)N1CCSC(c2cccs2)CC1. The Morgan fingerprint density at radius 1 is 1.12 bits per heavy atom. The summed E-state index contributed by atoms with van der Waals surface area (Å²) in [5.41, 5.74) is 0.751. The van der Waals surface area contributed by atoms with E-state index in [1.807, 2.05) is 16.7 Å². The van der Waals surface area contributed by atoms with Crippen molar-refractivity contribution in [1.82, 2.24) is 4.90 Å². The van der Waals surface area contributed by atoms with Crippen LogP contribution in [-0.4, -0.2) is 42.7 Å². The van der Waals surface area contributed by atoms with E-state index >= 15 is 0 Å². The zero-order valence-electron chi connectivity index (χ0n) is 13.4. The molecule has 1 aromatic heterocycles. The second-order valence-corrected chi connectivity index (χ2v) is 7.78. The molecule has 1 aliphatic heterocycles. The number of carbonyl (C=O) groups is 2. The molecule has 1 saturated heterocycles. The summed E-state index contributed by atoms with van der Waals surface area (Å²) in [6, 6.07) is 11.1. The Balaban J connectivity index is 1.75. The molecule has 1 aliphatic rings. The maximum Gasteiger partial charge on any atom is 0.338 e. The van der Waals surface area contributed by atoms with Crippen LogP contribution in [0.4, 0.5) is 0 Å². The highest BCUT2D eigenvalue weighted by atomic mass is 32.2. The molecule has 1 atom stereocenters. The number of methoxy groups -OCH3 is 1. The van der Waals surface area contributed by atoms with Gasteiger partial charge in [-0.1, -0.05) is 18.2 Å². The highest BCUT2D eigenvalue weighted by Gasteiger charge is 2.26. The predicted octanol–water partition coefficient (Wildman–Crippen LogP) is 3.86. The Labute approximate surface area is 149 Å². The molecule has 1 unspecified atom stereocenters. The fourth-order valence-electron chi connectivity index (χ4n) is 2.80. The molecule has 1 fully saturated rings. The number of hydrogen-bond acceptors (Lipinski definition) is 5. The Kier molecular flexibility index (Phi) is 5.58. The van der Waals surface area contributed by atoms with Gasteiger partial charge in [-0.2, -0.15) is 11.8 Å². The van der Waals surface area contributed by atoms with E-state index in [1.165, 1.54) is 12.0 Å². The second-order valence-electron chi connectivity index (χ2n) is 5.49. The normalized spacial score (nSPS) is 18.0. The zero-order valence-corrected chi connectivity index (χ0v) is 15.1. The summed E-state index contributed by atoms with van der Waals surface area (Å²) in [6.45, 7) is 1.39. The Bertz CT molecular complexity index is 715. The first-order chi connectivity index (χ1) is 11.7. The van der Waals surface area contributed by atoms with E-state index in [-0.39, 0.29) is 5.91 Å². The lowest BCUT2D eigenvalue weighted by Gasteiger charge is -2.21. The molecule has 4 nitrogen and oxygen atoms in total. The van der Waals surface area contributed by atoms with Crippen molar-refractivity contribution < 1.29 is 14.3 Å². The maximum atomic E-state index is 12.9. The number of carbonyl (C=O) groups excluding carboxylic acids is 2. The number of thioether (sulfide) groups is 1. The van der Waals surface area contributed by atoms with Crippen molar-refractivity contribution in [3.8, 4) is 0 Å². The molecule has 0 N–H and O–H groups in total. The lowest BCUT2D eigenvalue weighted by molar-refractivity contribution is 0.0590. The number of rotatable bonds is 3. The number of hydrogen-bond donors (Lipinski definition) is 0. The minimum Gasteiger partial charge on any atom is -0.465 e. The highest BCUT2D eigenvalue weighted by Crippen LogP contribution is 2.37. The van der Waals surface area contributed by atoms with E-state index in [1.54, 1.807) is 35.6 Å². The van der Waals surface area contributed by atoms with E-state index in [9.17, 15) is 9.59 Å². The number of thiophene rings is 1. The Morgan fingerprint density at radius 3 is 2.62 bits per heavy atom. The number of esters is 1. The minimum atomic E-state index is -0.473. The van der Waals surface area contributed by atoms with E-state index in [0.717, 1.165) is 12.2 Å². The van der Waals surface area contributed by atoms with Crippen molar-refractivity contribution in [1.29, 1.82) is 0 Å². The van der Waals surface area contributed by atoms with Crippen LogP contribution in [-0.2, 0) is 4.74 Å². The van der Waals surface area contributed by atoms with E-state index in [0.29, 0.717) is 29.5 Å². The maximum absolute atomic E-state index is 12.9. The van der Waals surface area contributed by atoms with Gasteiger partial charge in [0, 0.05) is 29.0 Å². The summed E-state index contributed by atoms with van der Waals surface area (Å²) < 4.78 is 4.79. The van der Waals surface area contributed by atoms with E-state index < -0.39 is 5.97 Å². The summed E-state index contributed by atoms with van der Waals surface area (Å²) in [5.74, 6) is 0.331. The molecule has 1 amide bonds. The van der Waals surface area contributed by atoms with Gasteiger partial charge in [0.1, 0.15) is 0 Å². The van der Waals surface area contributed by atoms with Crippen LogP contribution >= 0.6 is 23.1 Å². The van der Waals surface area contributed by atoms with Crippen LogP contribution < -0.4 is 0 Å². The van der Waals surface area contributed by atoms with Gasteiger partial charge in [0.2, 0.25) is 0 Å². The van der Waals surface area contributed by atoms with Crippen molar-refractivity contribution in [2.75, 3.05) is 26.0 Å². The molecule has 2 aromatic rings. The van der Waals surface area contributed by atoms with Gasteiger partial charge >= 0.3 is 5.97 Å². The molecule has 2 heterocycles. The van der Waals surface area contributed by atoms with Crippen molar-refractivity contribution in [3.63, 3.8) is 0 Å². The quantitative estimate of drug-likeness (QED) is 0.779. The molecule has 0 radical (unpaired) electrons. The molecule has 0 saturated carbocycles. The smallest absolute Gasteiger partial charge is 0.338 e. The molecule has 24 heavy (non-hydrogen) atoms. The summed E-state index contributed by atoms with van der Waals surface area (Å²) in [5, 5.41) is 2.54.